The van der Waals surface area contributed by atoms with E-state index in [1.165, 1.54) is 17.4 Å². The number of carbonyl (C=O) groups excluding carboxylic acids is 1. The predicted octanol–water partition coefficient (Wildman–Crippen LogP) is 5.86. The second kappa shape index (κ2) is 8.44. The third-order valence-corrected chi connectivity index (χ3v) is 5.87. The molecule has 4 aromatic rings. The van der Waals surface area contributed by atoms with Crippen molar-refractivity contribution in [3.05, 3.63) is 86.7 Å². The minimum atomic E-state index is -0.392. The number of anilines is 1. The van der Waals surface area contributed by atoms with Crippen molar-refractivity contribution in [1.82, 2.24) is 14.8 Å². The van der Waals surface area contributed by atoms with E-state index >= 15 is 0 Å². The monoisotopic (exact) mass is 490 g/mol. The highest BCUT2D eigenvalue weighted by molar-refractivity contribution is 9.10. The van der Waals surface area contributed by atoms with Gasteiger partial charge in [0.1, 0.15) is 16.5 Å². The van der Waals surface area contributed by atoms with E-state index in [4.69, 9.17) is 11.6 Å². The fraction of sp³-hybridized carbons (Fsp3) is 0.0500. The largest absolute Gasteiger partial charge is 0.303 e. The second-order valence-corrected chi connectivity index (χ2v) is 8.21. The van der Waals surface area contributed by atoms with Crippen LogP contribution in [0.15, 0.2) is 64.6 Å². The first-order chi connectivity index (χ1) is 14.0. The van der Waals surface area contributed by atoms with Crippen molar-refractivity contribution < 1.29 is 9.18 Å². The summed E-state index contributed by atoms with van der Waals surface area (Å²) in [5.74, 6) is -0.366. The van der Waals surface area contributed by atoms with Gasteiger partial charge in [0.05, 0.1) is 16.0 Å². The van der Waals surface area contributed by atoms with Crippen LogP contribution in [0.5, 0.6) is 0 Å². The van der Waals surface area contributed by atoms with Gasteiger partial charge in [0.25, 0.3) is 5.91 Å². The van der Waals surface area contributed by atoms with Crippen molar-refractivity contribution in [2.24, 2.45) is 0 Å². The number of carbonyl (C=O) groups is 1. The number of nitrogens with zero attached hydrogens (tertiary/aromatic N) is 3. The maximum Gasteiger partial charge on any atom is 0.276 e. The van der Waals surface area contributed by atoms with E-state index in [1.54, 1.807) is 40.5 Å². The lowest BCUT2D eigenvalue weighted by molar-refractivity contribution is 0.102. The molecule has 1 amide bonds. The van der Waals surface area contributed by atoms with Gasteiger partial charge in [0, 0.05) is 22.7 Å². The highest BCUT2D eigenvalue weighted by atomic mass is 79.9. The first-order valence-electron chi connectivity index (χ1n) is 8.49. The number of benzene rings is 2. The SMILES string of the molecule is O=C(Nc1nn(Cc2ccccc2F)cc1Br)c1csc(-c2ccccc2Cl)n1. The molecule has 0 atom stereocenters. The van der Waals surface area contributed by atoms with Crippen LogP contribution in [-0.4, -0.2) is 20.7 Å². The molecular formula is C20H13BrClFN4OS. The van der Waals surface area contributed by atoms with Gasteiger partial charge in [0.15, 0.2) is 5.82 Å². The van der Waals surface area contributed by atoms with Gasteiger partial charge >= 0.3 is 0 Å². The lowest BCUT2D eigenvalue weighted by Gasteiger charge is -2.03. The first-order valence-corrected chi connectivity index (χ1v) is 10.5. The Bertz CT molecular complexity index is 1190. The summed E-state index contributed by atoms with van der Waals surface area (Å²) in [6, 6.07) is 13.8. The Hall–Kier alpha value is -2.55. The smallest absolute Gasteiger partial charge is 0.276 e. The van der Waals surface area contributed by atoms with E-state index in [0.29, 0.717) is 25.9 Å². The molecule has 0 aliphatic rings. The summed E-state index contributed by atoms with van der Waals surface area (Å²) in [5, 5.41) is 9.94. The normalized spacial score (nSPS) is 10.9. The minimum Gasteiger partial charge on any atom is -0.303 e. The lowest BCUT2D eigenvalue weighted by Crippen LogP contribution is -2.13. The van der Waals surface area contributed by atoms with Crippen LogP contribution in [0.4, 0.5) is 10.2 Å². The Labute approximate surface area is 183 Å². The van der Waals surface area contributed by atoms with Crippen LogP contribution in [-0.2, 0) is 6.54 Å². The Balaban J connectivity index is 1.50. The summed E-state index contributed by atoms with van der Waals surface area (Å²) in [5.41, 5.74) is 1.54. The molecular weight excluding hydrogens is 479 g/mol. The zero-order chi connectivity index (χ0) is 20.4. The molecule has 5 nitrogen and oxygen atoms in total. The second-order valence-electron chi connectivity index (χ2n) is 6.09. The standard InChI is InChI=1S/C20H13BrClFN4OS/c21-14-10-27(9-12-5-1-4-8-16(12)23)26-18(14)25-19(28)17-11-29-20(24-17)13-6-2-3-7-15(13)22/h1-8,10-11H,9H2,(H,25,26,28). The average Bonchev–Trinajstić information content (AvgIpc) is 3.31. The molecule has 0 fully saturated rings. The summed E-state index contributed by atoms with van der Waals surface area (Å²) in [4.78, 5) is 17.0. The predicted molar refractivity (Wildman–Crippen MR) is 116 cm³/mol. The van der Waals surface area contributed by atoms with Crippen LogP contribution in [0.3, 0.4) is 0 Å². The molecule has 9 heteroatoms. The highest BCUT2D eigenvalue weighted by Crippen LogP contribution is 2.30. The fourth-order valence-electron chi connectivity index (χ4n) is 2.67. The molecule has 1 N–H and O–H groups in total. The van der Waals surface area contributed by atoms with E-state index < -0.39 is 5.91 Å². The van der Waals surface area contributed by atoms with Crippen LogP contribution < -0.4 is 5.32 Å². The van der Waals surface area contributed by atoms with Crippen LogP contribution >= 0.6 is 38.9 Å². The van der Waals surface area contributed by atoms with E-state index in [0.717, 1.165) is 5.56 Å². The quantitative estimate of drug-likeness (QED) is 0.380. The number of rotatable bonds is 5. The number of hydrogen-bond donors (Lipinski definition) is 1. The van der Waals surface area contributed by atoms with Gasteiger partial charge in [-0.2, -0.15) is 5.10 Å². The molecule has 0 unspecified atom stereocenters. The highest BCUT2D eigenvalue weighted by Gasteiger charge is 2.17. The molecule has 4 rings (SSSR count). The van der Waals surface area contributed by atoms with Gasteiger partial charge in [0.2, 0.25) is 0 Å². The summed E-state index contributed by atoms with van der Waals surface area (Å²) >= 11 is 10.9. The number of amides is 1. The van der Waals surface area contributed by atoms with E-state index in [2.05, 4.69) is 31.3 Å². The van der Waals surface area contributed by atoms with Crippen molar-refractivity contribution in [1.29, 1.82) is 0 Å². The van der Waals surface area contributed by atoms with Gasteiger partial charge in [-0.15, -0.1) is 11.3 Å². The summed E-state index contributed by atoms with van der Waals surface area (Å²) < 4.78 is 16.0. The molecule has 0 radical (unpaired) electrons. The Morgan fingerprint density at radius 1 is 1.21 bits per heavy atom. The third-order valence-electron chi connectivity index (χ3n) is 4.08. The molecule has 0 spiro atoms. The Kier molecular flexibility index (Phi) is 5.75. The van der Waals surface area contributed by atoms with Gasteiger partial charge < -0.3 is 5.32 Å². The Morgan fingerprint density at radius 3 is 2.76 bits per heavy atom. The number of thiazole rings is 1. The summed E-state index contributed by atoms with van der Waals surface area (Å²) in [7, 11) is 0. The van der Waals surface area contributed by atoms with Gasteiger partial charge in [-0.05, 0) is 28.1 Å². The molecule has 0 bridgehead atoms. The van der Waals surface area contributed by atoms with Gasteiger partial charge in [-0.25, -0.2) is 9.37 Å². The topological polar surface area (TPSA) is 59.8 Å². The summed E-state index contributed by atoms with van der Waals surface area (Å²) in [6.45, 7) is 0.245. The van der Waals surface area contributed by atoms with Crippen LogP contribution in [0, 0.1) is 5.82 Å². The molecule has 29 heavy (non-hydrogen) atoms. The molecule has 2 heterocycles. The van der Waals surface area contributed by atoms with Crippen molar-refractivity contribution in [3.63, 3.8) is 0 Å². The zero-order valence-electron chi connectivity index (χ0n) is 14.8. The van der Waals surface area contributed by atoms with Crippen molar-refractivity contribution in [2.75, 3.05) is 5.32 Å². The lowest BCUT2D eigenvalue weighted by atomic mass is 10.2. The number of halogens is 3. The molecule has 0 saturated heterocycles. The van der Waals surface area contributed by atoms with Crippen molar-refractivity contribution in [3.8, 4) is 10.6 Å². The first kappa shape index (κ1) is 19.8. The molecule has 2 aromatic carbocycles. The molecule has 2 aromatic heterocycles. The van der Waals surface area contributed by atoms with Crippen molar-refractivity contribution >= 4 is 50.6 Å². The van der Waals surface area contributed by atoms with Crippen LogP contribution in [0.25, 0.3) is 10.6 Å². The summed E-state index contributed by atoms with van der Waals surface area (Å²) in [6.07, 6.45) is 1.68. The van der Waals surface area contributed by atoms with Crippen LogP contribution in [0.2, 0.25) is 5.02 Å². The number of aromatic nitrogens is 3. The van der Waals surface area contributed by atoms with E-state index in [9.17, 15) is 9.18 Å². The molecule has 146 valence electrons. The van der Waals surface area contributed by atoms with Gasteiger partial charge in [-0.3, -0.25) is 9.48 Å². The number of hydrogen-bond acceptors (Lipinski definition) is 4. The average molecular weight is 492 g/mol. The van der Waals surface area contributed by atoms with Crippen LogP contribution in [0.1, 0.15) is 16.1 Å². The van der Waals surface area contributed by atoms with Crippen molar-refractivity contribution in [2.45, 2.75) is 6.54 Å². The van der Waals surface area contributed by atoms with Gasteiger partial charge in [-0.1, -0.05) is 48.0 Å². The molecule has 0 saturated carbocycles. The number of nitrogens with one attached hydrogen (secondary N) is 1. The zero-order valence-corrected chi connectivity index (χ0v) is 17.9. The Morgan fingerprint density at radius 2 is 1.97 bits per heavy atom. The maximum atomic E-state index is 13.8. The van der Waals surface area contributed by atoms with E-state index in [1.807, 2.05) is 18.2 Å². The molecule has 0 aliphatic carbocycles. The maximum absolute atomic E-state index is 13.8. The van der Waals surface area contributed by atoms with E-state index in [-0.39, 0.29) is 18.1 Å². The fourth-order valence-corrected chi connectivity index (χ4v) is 4.21. The third kappa shape index (κ3) is 4.39. The molecule has 0 aliphatic heterocycles. The minimum absolute atomic E-state index is 0.245.